The molecular formula is C15H14N4. The van der Waals surface area contributed by atoms with Gasteiger partial charge in [0.05, 0.1) is 17.1 Å². The Morgan fingerprint density at radius 2 is 1.84 bits per heavy atom. The van der Waals surface area contributed by atoms with E-state index in [2.05, 4.69) is 15.0 Å². The second-order valence-electron chi connectivity index (χ2n) is 4.48. The average Bonchev–Trinajstić information content (AvgIpc) is 2.47. The van der Waals surface area contributed by atoms with E-state index in [4.69, 9.17) is 5.73 Å². The van der Waals surface area contributed by atoms with Gasteiger partial charge in [0, 0.05) is 29.8 Å². The first-order valence-corrected chi connectivity index (χ1v) is 6.13. The van der Waals surface area contributed by atoms with Crippen LogP contribution in [0, 0.1) is 6.92 Å². The Kier molecular flexibility index (Phi) is 2.93. The summed E-state index contributed by atoms with van der Waals surface area (Å²) in [6.07, 6.45) is 5.19. The number of pyridine rings is 1. The molecule has 0 fully saturated rings. The van der Waals surface area contributed by atoms with Crippen LogP contribution in [0.2, 0.25) is 0 Å². The summed E-state index contributed by atoms with van der Waals surface area (Å²) in [5, 5.41) is 0. The van der Waals surface area contributed by atoms with Gasteiger partial charge in [0.1, 0.15) is 0 Å². The first-order chi connectivity index (χ1) is 9.25. The summed E-state index contributed by atoms with van der Waals surface area (Å²) in [6, 6.07) is 9.60. The van der Waals surface area contributed by atoms with E-state index in [0.29, 0.717) is 0 Å². The third-order valence-electron chi connectivity index (χ3n) is 3.16. The SMILES string of the molecule is Cc1ccc(C(N)c2cccc3nccnc23)cn1. The second-order valence-corrected chi connectivity index (χ2v) is 4.48. The van der Waals surface area contributed by atoms with Gasteiger partial charge in [-0.2, -0.15) is 0 Å². The number of rotatable bonds is 2. The fraction of sp³-hybridized carbons (Fsp3) is 0.133. The molecule has 0 aliphatic heterocycles. The third kappa shape index (κ3) is 2.18. The van der Waals surface area contributed by atoms with Crippen LogP contribution < -0.4 is 5.73 Å². The van der Waals surface area contributed by atoms with Gasteiger partial charge in [0.25, 0.3) is 0 Å². The number of nitrogens with zero attached hydrogens (tertiary/aromatic N) is 3. The summed E-state index contributed by atoms with van der Waals surface area (Å²) in [4.78, 5) is 13.0. The Labute approximate surface area is 111 Å². The van der Waals surface area contributed by atoms with Gasteiger partial charge >= 0.3 is 0 Å². The zero-order valence-electron chi connectivity index (χ0n) is 10.6. The van der Waals surface area contributed by atoms with E-state index < -0.39 is 0 Å². The minimum atomic E-state index is -0.242. The molecule has 4 nitrogen and oxygen atoms in total. The van der Waals surface area contributed by atoms with Gasteiger partial charge in [-0.15, -0.1) is 0 Å². The van der Waals surface area contributed by atoms with Gasteiger partial charge in [-0.3, -0.25) is 15.0 Å². The van der Waals surface area contributed by atoms with Crippen molar-refractivity contribution in [3.8, 4) is 0 Å². The highest BCUT2D eigenvalue weighted by molar-refractivity contribution is 5.78. The Morgan fingerprint density at radius 1 is 1.00 bits per heavy atom. The van der Waals surface area contributed by atoms with E-state index in [1.807, 2.05) is 43.5 Å². The normalized spacial score (nSPS) is 12.5. The summed E-state index contributed by atoms with van der Waals surface area (Å²) in [5.41, 5.74) is 11.0. The highest BCUT2D eigenvalue weighted by Crippen LogP contribution is 2.24. The molecule has 0 spiro atoms. The van der Waals surface area contributed by atoms with Crippen molar-refractivity contribution in [1.29, 1.82) is 0 Å². The average molecular weight is 250 g/mol. The first kappa shape index (κ1) is 11.7. The standard InChI is InChI=1S/C15H14N4/c1-10-5-6-11(9-19-10)14(16)12-3-2-4-13-15(12)18-8-7-17-13/h2-9,14H,16H2,1H3. The van der Waals surface area contributed by atoms with Crippen LogP contribution in [0.4, 0.5) is 0 Å². The Balaban J connectivity index is 2.11. The smallest absolute Gasteiger partial charge is 0.0937 e. The Bertz CT molecular complexity index is 701. The topological polar surface area (TPSA) is 64.7 Å². The van der Waals surface area contributed by atoms with E-state index in [9.17, 15) is 0 Å². The number of benzene rings is 1. The van der Waals surface area contributed by atoms with Gasteiger partial charge < -0.3 is 5.73 Å². The number of hydrogen-bond donors (Lipinski definition) is 1. The number of para-hydroxylation sites is 1. The molecule has 19 heavy (non-hydrogen) atoms. The van der Waals surface area contributed by atoms with E-state index in [0.717, 1.165) is 27.9 Å². The van der Waals surface area contributed by atoms with Gasteiger partial charge in [-0.25, -0.2) is 0 Å². The molecule has 0 aliphatic carbocycles. The monoisotopic (exact) mass is 250 g/mol. The first-order valence-electron chi connectivity index (χ1n) is 6.13. The maximum atomic E-state index is 6.32. The van der Waals surface area contributed by atoms with Gasteiger partial charge in [-0.05, 0) is 24.6 Å². The summed E-state index contributed by atoms with van der Waals surface area (Å²) in [6.45, 7) is 1.96. The Hall–Kier alpha value is -2.33. The molecule has 0 aliphatic rings. The van der Waals surface area contributed by atoms with Crippen LogP contribution in [0.1, 0.15) is 22.9 Å². The third-order valence-corrected chi connectivity index (χ3v) is 3.16. The number of nitrogens with two attached hydrogens (primary N) is 1. The Morgan fingerprint density at radius 3 is 2.63 bits per heavy atom. The van der Waals surface area contributed by atoms with Crippen LogP contribution in [0.3, 0.4) is 0 Å². The molecule has 94 valence electrons. The number of hydrogen-bond acceptors (Lipinski definition) is 4. The second kappa shape index (κ2) is 4.74. The number of aryl methyl sites for hydroxylation is 1. The molecular weight excluding hydrogens is 236 g/mol. The van der Waals surface area contributed by atoms with Crippen LogP contribution in [0.25, 0.3) is 11.0 Å². The summed E-state index contributed by atoms with van der Waals surface area (Å²) >= 11 is 0. The molecule has 0 radical (unpaired) electrons. The molecule has 3 aromatic rings. The van der Waals surface area contributed by atoms with Crippen molar-refractivity contribution >= 4 is 11.0 Å². The molecule has 1 unspecified atom stereocenters. The maximum Gasteiger partial charge on any atom is 0.0937 e. The van der Waals surface area contributed by atoms with Gasteiger partial charge in [0.15, 0.2) is 0 Å². The predicted octanol–water partition coefficient (Wildman–Crippen LogP) is 2.38. The van der Waals surface area contributed by atoms with E-state index in [1.165, 1.54) is 0 Å². The van der Waals surface area contributed by atoms with Crippen molar-refractivity contribution in [2.24, 2.45) is 5.73 Å². The summed E-state index contributed by atoms with van der Waals surface area (Å²) in [5.74, 6) is 0. The molecule has 1 aromatic carbocycles. The zero-order chi connectivity index (χ0) is 13.2. The largest absolute Gasteiger partial charge is 0.320 e. The molecule has 0 saturated heterocycles. The minimum absolute atomic E-state index is 0.242. The maximum absolute atomic E-state index is 6.32. The lowest BCUT2D eigenvalue weighted by Gasteiger charge is -2.14. The van der Waals surface area contributed by atoms with Gasteiger partial charge in [0.2, 0.25) is 0 Å². The van der Waals surface area contributed by atoms with Crippen LogP contribution in [0.15, 0.2) is 48.9 Å². The number of fused-ring (bicyclic) bond motifs is 1. The molecule has 2 aromatic heterocycles. The highest BCUT2D eigenvalue weighted by atomic mass is 14.8. The molecule has 4 heteroatoms. The van der Waals surface area contributed by atoms with E-state index >= 15 is 0 Å². The number of aromatic nitrogens is 3. The lowest BCUT2D eigenvalue weighted by molar-refractivity contribution is 0.865. The lowest BCUT2D eigenvalue weighted by Crippen LogP contribution is -2.13. The van der Waals surface area contributed by atoms with Crippen molar-refractivity contribution < 1.29 is 0 Å². The molecule has 3 rings (SSSR count). The van der Waals surface area contributed by atoms with Crippen LogP contribution in [0.5, 0.6) is 0 Å². The quantitative estimate of drug-likeness (QED) is 0.758. The van der Waals surface area contributed by atoms with Crippen molar-refractivity contribution in [3.05, 3.63) is 65.7 Å². The van der Waals surface area contributed by atoms with E-state index in [-0.39, 0.29) is 6.04 Å². The molecule has 1 atom stereocenters. The molecule has 0 saturated carbocycles. The lowest BCUT2D eigenvalue weighted by atomic mass is 9.99. The van der Waals surface area contributed by atoms with Crippen molar-refractivity contribution in [3.63, 3.8) is 0 Å². The highest BCUT2D eigenvalue weighted by Gasteiger charge is 2.13. The van der Waals surface area contributed by atoms with E-state index in [1.54, 1.807) is 12.4 Å². The van der Waals surface area contributed by atoms with Crippen molar-refractivity contribution in [2.75, 3.05) is 0 Å². The van der Waals surface area contributed by atoms with Crippen molar-refractivity contribution in [2.45, 2.75) is 13.0 Å². The van der Waals surface area contributed by atoms with Crippen LogP contribution in [-0.4, -0.2) is 15.0 Å². The van der Waals surface area contributed by atoms with Crippen molar-refractivity contribution in [1.82, 2.24) is 15.0 Å². The van der Waals surface area contributed by atoms with Gasteiger partial charge in [-0.1, -0.05) is 18.2 Å². The van der Waals surface area contributed by atoms with Crippen LogP contribution in [-0.2, 0) is 0 Å². The summed E-state index contributed by atoms with van der Waals surface area (Å²) < 4.78 is 0. The predicted molar refractivity (Wildman–Crippen MR) is 74.5 cm³/mol. The molecule has 0 amide bonds. The summed E-state index contributed by atoms with van der Waals surface area (Å²) in [7, 11) is 0. The zero-order valence-corrected chi connectivity index (χ0v) is 10.6. The van der Waals surface area contributed by atoms with Crippen LogP contribution >= 0.6 is 0 Å². The molecule has 2 heterocycles. The molecule has 0 bridgehead atoms. The molecule has 2 N–H and O–H groups in total. The minimum Gasteiger partial charge on any atom is -0.320 e. The fourth-order valence-electron chi connectivity index (χ4n) is 2.11. The fourth-order valence-corrected chi connectivity index (χ4v) is 2.11.